The van der Waals surface area contributed by atoms with E-state index in [0.29, 0.717) is 6.42 Å². The third-order valence-electron chi connectivity index (χ3n) is 2.06. The molecular weight excluding hydrogens is 252 g/mol. The first-order chi connectivity index (χ1) is 7.19. The SMILES string of the molecule is CC(Cc1ccccc1Br)=C(C#N)C#N. The molecule has 1 aromatic rings. The van der Waals surface area contributed by atoms with E-state index in [1.54, 1.807) is 6.92 Å². The standard InChI is InChI=1S/C12H9BrN2/c1-9(11(7-14)8-15)6-10-4-2-3-5-12(10)13/h2-5H,6H2,1H3. The summed E-state index contributed by atoms with van der Waals surface area (Å²) < 4.78 is 1.000. The highest BCUT2D eigenvalue weighted by Gasteiger charge is 2.04. The lowest BCUT2D eigenvalue weighted by Crippen LogP contribution is -1.91. The van der Waals surface area contributed by atoms with Crippen molar-refractivity contribution in [1.29, 1.82) is 10.5 Å². The lowest BCUT2D eigenvalue weighted by atomic mass is 10.0. The molecule has 74 valence electrons. The molecule has 0 saturated carbocycles. The largest absolute Gasteiger partial charge is 0.192 e. The molecule has 0 spiro atoms. The molecule has 3 heteroatoms. The van der Waals surface area contributed by atoms with Crippen LogP contribution in [0.1, 0.15) is 12.5 Å². The molecule has 0 aromatic heterocycles. The number of halogens is 1. The Kier molecular flexibility index (Phi) is 4.09. The summed E-state index contributed by atoms with van der Waals surface area (Å²) >= 11 is 3.43. The van der Waals surface area contributed by atoms with Crippen LogP contribution in [0.4, 0.5) is 0 Å². The van der Waals surface area contributed by atoms with Gasteiger partial charge in [0.05, 0.1) is 0 Å². The van der Waals surface area contributed by atoms with Gasteiger partial charge in [-0.15, -0.1) is 0 Å². The fourth-order valence-electron chi connectivity index (χ4n) is 1.23. The molecular formula is C12H9BrN2. The molecule has 1 rings (SSSR count). The zero-order chi connectivity index (χ0) is 11.3. The Morgan fingerprint density at radius 3 is 2.40 bits per heavy atom. The van der Waals surface area contributed by atoms with Crippen LogP contribution in [0.2, 0.25) is 0 Å². The molecule has 0 N–H and O–H groups in total. The summed E-state index contributed by atoms with van der Waals surface area (Å²) in [6, 6.07) is 11.6. The van der Waals surface area contributed by atoms with Crippen molar-refractivity contribution in [1.82, 2.24) is 0 Å². The van der Waals surface area contributed by atoms with Crippen molar-refractivity contribution in [3.05, 3.63) is 45.4 Å². The molecule has 0 heterocycles. The highest BCUT2D eigenvalue weighted by Crippen LogP contribution is 2.20. The van der Waals surface area contributed by atoms with E-state index >= 15 is 0 Å². The Hall–Kier alpha value is -1.58. The van der Waals surface area contributed by atoms with Gasteiger partial charge >= 0.3 is 0 Å². The Bertz CT molecular complexity index is 459. The van der Waals surface area contributed by atoms with Gasteiger partial charge < -0.3 is 0 Å². The van der Waals surface area contributed by atoms with E-state index < -0.39 is 0 Å². The first kappa shape index (κ1) is 11.5. The van der Waals surface area contributed by atoms with Gasteiger partial charge in [0.25, 0.3) is 0 Å². The number of allylic oxidation sites excluding steroid dienone is 2. The Balaban J connectivity index is 3.00. The monoisotopic (exact) mass is 260 g/mol. The predicted molar refractivity (Wildman–Crippen MR) is 61.8 cm³/mol. The van der Waals surface area contributed by atoms with Crippen LogP contribution >= 0.6 is 15.9 Å². The van der Waals surface area contributed by atoms with Crippen LogP contribution in [-0.2, 0) is 6.42 Å². The van der Waals surface area contributed by atoms with Crippen LogP contribution in [-0.4, -0.2) is 0 Å². The highest BCUT2D eigenvalue weighted by molar-refractivity contribution is 9.10. The molecule has 0 aliphatic carbocycles. The summed E-state index contributed by atoms with van der Waals surface area (Å²) in [5, 5.41) is 17.4. The Morgan fingerprint density at radius 1 is 1.27 bits per heavy atom. The van der Waals surface area contributed by atoms with Crippen LogP contribution in [0, 0.1) is 22.7 Å². The topological polar surface area (TPSA) is 47.6 Å². The quantitative estimate of drug-likeness (QED) is 0.766. The molecule has 0 radical (unpaired) electrons. The van der Waals surface area contributed by atoms with E-state index in [1.807, 2.05) is 36.4 Å². The van der Waals surface area contributed by atoms with E-state index in [2.05, 4.69) is 15.9 Å². The maximum absolute atomic E-state index is 8.70. The van der Waals surface area contributed by atoms with Gasteiger partial charge in [-0.2, -0.15) is 10.5 Å². The van der Waals surface area contributed by atoms with E-state index in [0.717, 1.165) is 15.6 Å². The first-order valence-corrected chi connectivity index (χ1v) is 5.21. The van der Waals surface area contributed by atoms with Gasteiger partial charge in [0, 0.05) is 4.47 Å². The molecule has 0 aliphatic rings. The molecule has 0 unspecified atom stereocenters. The van der Waals surface area contributed by atoms with Crippen molar-refractivity contribution in [3.63, 3.8) is 0 Å². The van der Waals surface area contributed by atoms with E-state index in [-0.39, 0.29) is 5.57 Å². The van der Waals surface area contributed by atoms with Crippen LogP contribution in [0.15, 0.2) is 39.9 Å². The smallest absolute Gasteiger partial charge is 0.128 e. The molecule has 0 atom stereocenters. The Morgan fingerprint density at radius 2 is 1.87 bits per heavy atom. The summed E-state index contributed by atoms with van der Waals surface area (Å²) in [6.07, 6.45) is 0.623. The van der Waals surface area contributed by atoms with Crippen molar-refractivity contribution < 1.29 is 0 Å². The molecule has 0 saturated heterocycles. The van der Waals surface area contributed by atoms with Gasteiger partial charge in [-0.3, -0.25) is 0 Å². The summed E-state index contributed by atoms with van der Waals surface area (Å²) in [4.78, 5) is 0. The van der Waals surface area contributed by atoms with Gasteiger partial charge in [-0.1, -0.05) is 34.1 Å². The lowest BCUT2D eigenvalue weighted by Gasteiger charge is -2.04. The molecule has 0 fully saturated rings. The summed E-state index contributed by atoms with van der Waals surface area (Å²) in [6.45, 7) is 1.81. The number of nitrogens with zero attached hydrogens (tertiary/aromatic N) is 2. The minimum atomic E-state index is 0.200. The number of nitriles is 2. The molecule has 0 aliphatic heterocycles. The second-order valence-corrected chi connectivity index (χ2v) is 4.00. The van der Waals surface area contributed by atoms with Gasteiger partial charge in [-0.05, 0) is 30.5 Å². The number of hydrogen-bond donors (Lipinski definition) is 0. The maximum atomic E-state index is 8.70. The van der Waals surface area contributed by atoms with E-state index in [4.69, 9.17) is 10.5 Å². The van der Waals surface area contributed by atoms with E-state index in [9.17, 15) is 0 Å². The molecule has 0 amide bonds. The highest BCUT2D eigenvalue weighted by atomic mass is 79.9. The average molecular weight is 261 g/mol. The molecule has 0 bridgehead atoms. The van der Waals surface area contributed by atoms with Crippen LogP contribution in [0.5, 0.6) is 0 Å². The van der Waals surface area contributed by atoms with Crippen LogP contribution < -0.4 is 0 Å². The van der Waals surface area contributed by atoms with Crippen molar-refractivity contribution in [2.75, 3.05) is 0 Å². The normalized spacial score (nSPS) is 8.80. The van der Waals surface area contributed by atoms with Crippen LogP contribution in [0.3, 0.4) is 0 Å². The first-order valence-electron chi connectivity index (χ1n) is 4.42. The third kappa shape index (κ3) is 2.94. The molecule has 2 nitrogen and oxygen atoms in total. The number of benzene rings is 1. The third-order valence-corrected chi connectivity index (χ3v) is 2.84. The van der Waals surface area contributed by atoms with Gasteiger partial charge in [0.2, 0.25) is 0 Å². The fraction of sp³-hybridized carbons (Fsp3) is 0.167. The van der Waals surface area contributed by atoms with E-state index in [1.165, 1.54) is 0 Å². The lowest BCUT2D eigenvalue weighted by molar-refractivity contribution is 1.12. The van der Waals surface area contributed by atoms with Gasteiger partial charge in [0.1, 0.15) is 17.7 Å². The second-order valence-electron chi connectivity index (χ2n) is 3.15. The van der Waals surface area contributed by atoms with Crippen molar-refractivity contribution in [3.8, 4) is 12.1 Å². The minimum Gasteiger partial charge on any atom is -0.192 e. The van der Waals surface area contributed by atoms with Gasteiger partial charge in [-0.25, -0.2) is 0 Å². The summed E-state index contributed by atoms with van der Waals surface area (Å²) in [7, 11) is 0. The summed E-state index contributed by atoms with van der Waals surface area (Å²) in [5.41, 5.74) is 2.08. The Labute approximate surface area is 97.6 Å². The van der Waals surface area contributed by atoms with Crippen molar-refractivity contribution in [2.24, 2.45) is 0 Å². The fourth-order valence-corrected chi connectivity index (χ4v) is 1.66. The summed E-state index contributed by atoms with van der Waals surface area (Å²) in [5.74, 6) is 0. The zero-order valence-corrected chi connectivity index (χ0v) is 9.87. The van der Waals surface area contributed by atoms with Gasteiger partial charge in [0.15, 0.2) is 0 Å². The molecule has 1 aromatic carbocycles. The average Bonchev–Trinajstić information content (AvgIpc) is 2.23. The molecule has 15 heavy (non-hydrogen) atoms. The van der Waals surface area contributed by atoms with Crippen molar-refractivity contribution in [2.45, 2.75) is 13.3 Å². The number of hydrogen-bond acceptors (Lipinski definition) is 2. The minimum absolute atomic E-state index is 0.200. The zero-order valence-electron chi connectivity index (χ0n) is 8.29. The maximum Gasteiger partial charge on any atom is 0.128 e. The van der Waals surface area contributed by atoms with Crippen LogP contribution in [0.25, 0.3) is 0 Å². The predicted octanol–water partition coefficient (Wildman–Crippen LogP) is 3.36. The van der Waals surface area contributed by atoms with Crippen molar-refractivity contribution >= 4 is 15.9 Å². The second kappa shape index (κ2) is 5.34. The number of rotatable bonds is 2.